The van der Waals surface area contributed by atoms with Crippen LogP contribution in [0.3, 0.4) is 0 Å². The number of benzene rings is 2. The molecule has 1 saturated heterocycles. The van der Waals surface area contributed by atoms with Crippen molar-refractivity contribution in [2.45, 2.75) is 58.2 Å². The Morgan fingerprint density at radius 2 is 1.87 bits per heavy atom. The third-order valence-corrected chi connectivity index (χ3v) is 6.22. The molecule has 1 amide bonds. The molecule has 0 saturated carbocycles. The number of rotatable bonds is 4. The minimum Gasteiger partial charge on any atom is -0.487 e. The highest BCUT2D eigenvalue weighted by Crippen LogP contribution is 2.40. The molecule has 2 aromatic rings. The van der Waals surface area contributed by atoms with Crippen molar-refractivity contribution in [3.63, 3.8) is 0 Å². The van der Waals surface area contributed by atoms with Gasteiger partial charge in [-0.25, -0.2) is 4.39 Å². The number of hydrogen-bond donors (Lipinski definition) is 1. The first-order valence-electron chi connectivity index (χ1n) is 10.9. The van der Waals surface area contributed by atoms with E-state index in [-0.39, 0.29) is 29.3 Å². The molecule has 4 rings (SSSR count). The van der Waals surface area contributed by atoms with Gasteiger partial charge in [0.15, 0.2) is 0 Å². The summed E-state index contributed by atoms with van der Waals surface area (Å²) in [7, 11) is 0. The van der Waals surface area contributed by atoms with E-state index in [2.05, 4.69) is 49.2 Å². The monoisotopic (exact) mass is 410 g/mol. The van der Waals surface area contributed by atoms with E-state index >= 15 is 0 Å². The van der Waals surface area contributed by atoms with Gasteiger partial charge in [0.1, 0.15) is 17.2 Å². The van der Waals surface area contributed by atoms with Crippen LogP contribution in [0.2, 0.25) is 0 Å². The molecule has 1 unspecified atom stereocenters. The molecule has 0 aromatic heterocycles. The Hall–Kier alpha value is -2.40. The van der Waals surface area contributed by atoms with Crippen LogP contribution in [-0.4, -0.2) is 29.5 Å². The first-order chi connectivity index (χ1) is 14.3. The van der Waals surface area contributed by atoms with Crippen LogP contribution >= 0.6 is 0 Å². The van der Waals surface area contributed by atoms with Crippen molar-refractivity contribution in [2.75, 3.05) is 13.1 Å². The van der Waals surface area contributed by atoms with Crippen LogP contribution in [-0.2, 0) is 11.3 Å². The number of hydrogen-bond acceptors (Lipinski definition) is 3. The Morgan fingerprint density at radius 1 is 1.17 bits per heavy atom. The van der Waals surface area contributed by atoms with Gasteiger partial charge in [0.25, 0.3) is 0 Å². The zero-order chi connectivity index (χ0) is 21.3. The first kappa shape index (κ1) is 20.9. The van der Waals surface area contributed by atoms with Gasteiger partial charge in [-0.15, -0.1) is 0 Å². The zero-order valence-corrected chi connectivity index (χ0v) is 18.1. The van der Waals surface area contributed by atoms with E-state index in [1.165, 1.54) is 12.1 Å². The van der Waals surface area contributed by atoms with E-state index in [0.717, 1.165) is 61.3 Å². The molecule has 0 aliphatic carbocycles. The lowest BCUT2D eigenvalue weighted by molar-refractivity contribution is -0.127. The molecule has 1 atom stereocenters. The third kappa shape index (κ3) is 4.84. The zero-order valence-electron chi connectivity index (χ0n) is 18.1. The van der Waals surface area contributed by atoms with E-state index < -0.39 is 0 Å². The number of carbonyl (C=O) groups is 1. The van der Waals surface area contributed by atoms with E-state index in [9.17, 15) is 9.18 Å². The molecule has 2 aliphatic heterocycles. The second-order valence-electron chi connectivity index (χ2n) is 9.35. The molecular formula is C25H31FN2O2. The number of halogens is 1. The fourth-order valence-electron chi connectivity index (χ4n) is 4.58. The average Bonchev–Trinajstić information content (AvgIpc) is 2.69. The average molecular weight is 411 g/mol. The van der Waals surface area contributed by atoms with Gasteiger partial charge in [-0.05, 0) is 76.0 Å². The minimum atomic E-state index is -0.308. The highest BCUT2D eigenvalue weighted by molar-refractivity contribution is 5.79. The molecule has 1 fully saturated rings. The van der Waals surface area contributed by atoms with Crippen LogP contribution in [0, 0.1) is 18.7 Å². The Kier molecular flexibility index (Phi) is 5.83. The van der Waals surface area contributed by atoms with Crippen LogP contribution in [0.1, 0.15) is 55.8 Å². The van der Waals surface area contributed by atoms with Gasteiger partial charge >= 0.3 is 0 Å². The maximum absolute atomic E-state index is 13.1. The summed E-state index contributed by atoms with van der Waals surface area (Å²) < 4.78 is 19.2. The van der Waals surface area contributed by atoms with Gasteiger partial charge in [-0.3, -0.25) is 9.69 Å². The number of fused-ring (bicyclic) bond motifs is 1. The normalized spacial score (nSPS) is 21.5. The van der Waals surface area contributed by atoms with Crippen LogP contribution in [0.4, 0.5) is 4.39 Å². The van der Waals surface area contributed by atoms with Gasteiger partial charge in [0, 0.05) is 24.4 Å². The molecule has 30 heavy (non-hydrogen) atoms. The van der Waals surface area contributed by atoms with Crippen molar-refractivity contribution in [3.8, 4) is 5.75 Å². The standard InChI is InChI=1S/C25H31FN2O2/c1-17-4-9-21-22(15-25(2,3)30-23(21)14-17)27-24(29)19-10-12-28(13-11-19)16-18-5-7-20(26)8-6-18/h4-9,14,19,22H,10-13,15-16H2,1-3H3,(H,27,29). The van der Waals surface area contributed by atoms with Gasteiger partial charge in [0.05, 0.1) is 6.04 Å². The number of nitrogens with zero attached hydrogens (tertiary/aromatic N) is 1. The van der Waals surface area contributed by atoms with Crippen LogP contribution in [0.15, 0.2) is 42.5 Å². The summed E-state index contributed by atoms with van der Waals surface area (Å²) in [5.41, 5.74) is 3.03. The van der Waals surface area contributed by atoms with Gasteiger partial charge in [-0.1, -0.05) is 24.3 Å². The molecule has 0 radical (unpaired) electrons. The molecule has 0 bridgehead atoms. The van der Waals surface area contributed by atoms with Crippen LogP contribution < -0.4 is 10.1 Å². The quantitative estimate of drug-likeness (QED) is 0.790. The summed E-state index contributed by atoms with van der Waals surface area (Å²) in [6.07, 6.45) is 2.46. The molecule has 160 valence electrons. The SMILES string of the molecule is Cc1ccc2c(c1)OC(C)(C)CC2NC(=O)C1CCN(Cc2ccc(F)cc2)CC1. The highest BCUT2D eigenvalue weighted by Gasteiger charge is 2.36. The first-order valence-corrected chi connectivity index (χ1v) is 10.9. The van der Waals surface area contributed by atoms with E-state index in [4.69, 9.17) is 4.74 Å². The van der Waals surface area contributed by atoms with Crippen molar-refractivity contribution in [1.29, 1.82) is 0 Å². The molecule has 0 spiro atoms. The predicted molar refractivity (Wildman–Crippen MR) is 116 cm³/mol. The smallest absolute Gasteiger partial charge is 0.223 e. The third-order valence-electron chi connectivity index (χ3n) is 6.22. The summed E-state index contributed by atoms with van der Waals surface area (Å²) >= 11 is 0. The fourth-order valence-corrected chi connectivity index (χ4v) is 4.58. The van der Waals surface area contributed by atoms with Crippen molar-refractivity contribution in [3.05, 3.63) is 65.0 Å². The molecule has 2 heterocycles. The number of ether oxygens (including phenoxy) is 1. The molecule has 2 aromatic carbocycles. The predicted octanol–water partition coefficient (Wildman–Crippen LogP) is 4.76. The lowest BCUT2D eigenvalue weighted by atomic mass is 9.88. The Morgan fingerprint density at radius 3 is 2.57 bits per heavy atom. The molecule has 5 heteroatoms. The van der Waals surface area contributed by atoms with Crippen molar-refractivity contribution < 1.29 is 13.9 Å². The largest absolute Gasteiger partial charge is 0.487 e. The molecule has 2 aliphatic rings. The summed E-state index contributed by atoms with van der Waals surface area (Å²) in [6.45, 7) is 8.76. The van der Waals surface area contributed by atoms with Crippen molar-refractivity contribution in [1.82, 2.24) is 10.2 Å². The topological polar surface area (TPSA) is 41.6 Å². The number of likely N-dealkylation sites (tertiary alicyclic amines) is 1. The highest BCUT2D eigenvalue weighted by atomic mass is 19.1. The Labute approximate surface area is 178 Å². The number of amides is 1. The number of carbonyl (C=O) groups excluding carboxylic acids is 1. The summed E-state index contributed by atoms with van der Waals surface area (Å²) in [4.78, 5) is 15.4. The van der Waals surface area contributed by atoms with Gasteiger partial charge in [-0.2, -0.15) is 0 Å². The van der Waals surface area contributed by atoms with E-state index in [1.54, 1.807) is 0 Å². The second-order valence-corrected chi connectivity index (χ2v) is 9.35. The van der Waals surface area contributed by atoms with Gasteiger partial charge in [0.2, 0.25) is 5.91 Å². The molecule has 4 nitrogen and oxygen atoms in total. The lowest BCUT2D eigenvalue weighted by Gasteiger charge is -2.39. The van der Waals surface area contributed by atoms with E-state index in [0.29, 0.717) is 0 Å². The number of aryl methyl sites for hydroxylation is 1. The van der Waals surface area contributed by atoms with Crippen molar-refractivity contribution >= 4 is 5.91 Å². The maximum Gasteiger partial charge on any atom is 0.223 e. The number of nitrogens with one attached hydrogen (secondary N) is 1. The molecular weight excluding hydrogens is 379 g/mol. The lowest BCUT2D eigenvalue weighted by Crippen LogP contribution is -2.45. The Balaban J connectivity index is 1.35. The van der Waals surface area contributed by atoms with Gasteiger partial charge < -0.3 is 10.1 Å². The minimum absolute atomic E-state index is 0.0194. The fraction of sp³-hybridized carbons (Fsp3) is 0.480. The molecule has 1 N–H and O–H groups in total. The maximum atomic E-state index is 13.1. The summed E-state index contributed by atoms with van der Waals surface area (Å²) in [5.74, 6) is 0.854. The second kappa shape index (κ2) is 8.38. The van der Waals surface area contributed by atoms with Crippen molar-refractivity contribution in [2.24, 2.45) is 5.92 Å². The number of piperidine rings is 1. The van der Waals surface area contributed by atoms with Crippen LogP contribution in [0.25, 0.3) is 0 Å². The Bertz CT molecular complexity index is 902. The van der Waals surface area contributed by atoms with Crippen LogP contribution in [0.5, 0.6) is 5.75 Å². The van der Waals surface area contributed by atoms with E-state index in [1.807, 2.05) is 12.1 Å². The summed E-state index contributed by atoms with van der Waals surface area (Å²) in [6, 6.07) is 12.9. The summed E-state index contributed by atoms with van der Waals surface area (Å²) in [5, 5.41) is 3.31.